The molecule has 0 aromatic rings. The summed E-state index contributed by atoms with van der Waals surface area (Å²) in [6.45, 7) is 0.568. The molecule has 30 heavy (non-hydrogen) atoms. The van der Waals surface area contributed by atoms with Crippen LogP contribution in [0.4, 0.5) is 0 Å². The van der Waals surface area contributed by atoms with Gasteiger partial charge in [0.15, 0.2) is 0 Å². The molecule has 0 saturated carbocycles. The summed E-state index contributed by atoms with van der Waals surface area (Å²) >= 11 is 1.15. The number of unbranched alkanes of at least 4 members (excludes halogenated alkanes) is 2. The van der Waals surface area contributed by atoms with Crippen LogP contribution in [0.5, 0.6) is 0 Å². The molecule has 0 radical (unpaired) electrons. The van der Waals surface area contributed by atoms with E-state index in [0.717, 1.165) is 11.8 Å². The van der Waals surface area contributed by atoms with Gasteiger partial charge in [-0.25, -0.2) is 4.79 Å². The Morgan fingerprint density at radius 3 is 2.67 bits per heavy atom. The lowest BCUT2D eigenvalue weighted by molar-refractivity contribution is -0.197. The molecule has 1 aliphatic rings. The van der Waals surface area contributed by atoms with Gasteiger partial charge >= 0.3 is 5.97 Å². The van der Waals surface area contributed by atoms with Crippen LogP contribution < -0.4 is 10.6 Å². The smallest absolute Gasteiger partial charge is 0.333 e. The first-order chi connectivity index (χ1) is 14.4. The third-order valence-corrected chi connectivity index (χ3v) is 5.27. The summed E-state index contributed by atoms with van der Waals surface area (Å²) in [5, 5.41) is 8.23. The summed E-state index contributed by atoms with van der Waals surface area (Å²) in [6.07, 6.45) is 2.04. The van der Waals surface area contributed by atoms with Crippen LogP contribution >= 0.6 is 11.8 Å². The average molecular weight is 442 g/mol. The lowest BCUT2D eigenvalue weighted by Crippen LogP contribution is -2.34. The zero-order chi connectivity index (χ0) is 22.4. The third kappa shape index (κ3) is 9.61. The molecule has 1 heterocycles. The van der Waals surface area contributed by atoms with Crippen LogP contribution in [0.15, 0.2) is 5.11 Å². The molecule has 0 aliphatic carbocycles. The van der Waals surface area contributed by atoms with Crippen molar-refractivity contribution in [1.82, 2.24) is 15.7 Å². The molecule has 0 bridgehead atoms. The van der Waals surface area contributed by atoms with E-state index in [1.54, 1.807) is 0 Å². The zero-order valence-corrected chi connectivity index (χ0v) is 17.6. The number of amides is 4. The third-order valence-electron chi connectivity index (χ3n) is 4.06. The van der Waals surface area contributed by atoms with Gasteiger partial charge in [0, 0.05) is 50.1 Å². The summed E-state index contributed by atoms with van der Waals surface area (Å²) in [5.74, 6) is -2.01. The molecule has 4 amide bonds. The van der Waals surface area contributed by atoms with Crippen molar-refractivity contribution in [2.24, 2.45) is 5.11 Å². The largest absolute Gasteiger partial charge is 0.359 e. The predicted octanol–water partition coefficient (Wildman–Crippen LogP) is 0.818. The first-order valence-corrected chi connectivity index (χ1v) is 10.6. The Bertz CT molecular complexity index is 696. The number of thioether (sulfide) groups is 1. The molecule has 0 spiro atoms. The standard InChI is InChI=1S/C17H26N6O6S/c1-19-13(24)6-9-20-14(25)7-10-30-12-11-15(26)23(17(12)28)29-16(27)5-3-2-4-8-21-22-18/h12H,2-11H2,1H3,(H,19,24)(H,20,25). The van der Waals surface area contributed by atoms with Gasteiger partial charge in [-0.05, 0) is 18.4 Å². The molecule has 0 aromatic carbocycles. The first-order valence-electron chi connectivity index (χ1n) is 9.56. The van der Waals surface area contributed by atoms with Crippen molar-refractivity contribution in [2.45, 2.75) is 50.2 Å². The van der Waals surface area contributed by atoms with Crippen LogP contribution in [0, 0.1) is 0 Å². The lowest BCUT2D eigenvalue weighted by atomic mass is 10.2. The Kier molecular flexibility index (Phi) is 12.0. The van der Waals surface area contributed by atoms with Crippen molar-refractivity contribution in [2.75, 3.05) is 25.9 Å². The quantitative estimate of drug-likeness (QED) is 0.132. The summed E-state index contributed by atoms with van der Waals surface area (Å²) in [4.78, 5) is 66.4. The van der Waals surface area contributed by atoms with Crippen LogP contribution in [0.1, 0.15) is 44.9 Å². The number of imide groups is 1. The first kappa shape index (κ1) is 25.2. The highest BCUT2D eigenvalue weighted by Crippen LogP contribution is 2.26. The number of rotatable bonds is 14. The van der Waals surface area contributed by atoms with Crippen molar-refractivity contribution in [3.05, 3.63) is 10.4 Å². The number of nitrogens with one attached hydrogen (secondary N) is 2. The number of azide groups is 1. The van der Waals surface area contributed by atoms with Gasteiger partial charge in [-0.1, -0.05) is 11.5 Å². The normalized spacial score (nSPS) is 15.5. The monoisotopic (exact) mass is 442 g/mol. The fourth-order valence-electron chi connectivity index (χ4n) is 2.45. The number of nitrogens with zero attached hydrogens (tertiary/aromatic N) is 4. The molecule has 12 nitrogen and oxygen atoms in total. The second-order valence-electron chi connectivity index (χ2n) is 6.34. The second-order valence-corrected chi connectivity index (χ2v) is 7.65. The Hall–Kier alpha value is -2.79. The molecule has 1 fully saturated rings. The number of carbonyl (C=O) groups excluding carboxylic acids is 5. The van der Waals surface area contributed by atoms with Gasteiger partial charge in [-0.15, -0.1) is 16.8 Å². The molecule has 1 atom stereocenters. The highest BCUT2D eigenvalue weighted by molar-refractivity contribution is 8.00. The van der Waals surface area contributed by atoms with E-state index in [0.29, 0.717) is 36.6 Å². The van der Waals surface area contributed by atoms with E-state index in [1.807, 2.05) is 0 Å². The average Bonchev–Trinajstić information content (AvgIpc) is 2.98. The van der Waals surface area contributed by atoms with Crippen LogP contribution in [0.2, 0.25) is 0 Å². The van der Waals surface area contributed by atoms with E-state index < -0.39 is 23.0 Å². The highest BCUT2D eigenvalue weighted by Gasteiger charge is 2.41. The lowest BCUT2D eigenvalue weighted by Gasteiger charge is -2.13. The number of hydroxylamine groups is 2. The number of carbonyl (C=O) groups is 5. The van der Waals surface area contributed by atoms with Crippen LogP contribution in [-0.4, -0.2) is 65.8 Å². The van der Waals surface area contributed by atoms with Gasteiger partial charge in [0.05, 0.1) is 11.7 Å². The molecular weight excluding hydrogens is 416 g/mol. The molecular formula is C17H26N6O6S. The van der Waals surface area contributed by atoms with Crippen molar-refractivity contribution in [3.8, 4) is 0 Å². The van der Waals surface area contributed by atoms with E-state index in [2.05, 4.69) is 20.7 Å². The second kappa shape index (κ2) is 14.2. The number of hydrogen-bond donors (Lipinski definition) is 2. The van der Waals surface area contributed by atoms with Crippen molar-refractivity contribution in [1.29, 1.82) is 0 Å². The minimum absolute atomic E-state index is 0.0430. The maximum atomic E-state index is 12.3. The highest BCUT2D eigenvalue weighted by atomic mass is 32.2. The zero-order valence-electron chi connectivity index (χ0n) is 16.8. The molecule has 1 saturated heterocycles. The van der Waals surface area contributed by atoms with Gasteiger partial charge < -0.3 is 15.5 Å². The maximum Gasteiger partial charge on any atom is 0.333 e. The summed E-state index contributed by atoms with van der Waals surface area (Å²) in [5.41, 5.74) is 8.16. The van der Waals surface area contributed by atoms with Crippen LogP contribution in [-0.2, 0) is 28.8 Å². The minimum Gasteiger partial charge on any atom is -0.359 e. The Morgan fingerprint density at radius 1 is 1.20 bits per heavy atom. The molecule has 0 aromatic heterocycles. The molecule has 2 N–H and O–H groups in total. The molecule has 13 heteroatoms. The van der Waals surface area contributed by atoms with E-state index in [4.69, 9.17) is 10.4 Å². The Labute approximate surface area is 178 Å². The van der Waals surface area contributed by atoms with Crippen molar-refractivity contribution in [3.63, 3.8) is 0 Å². The summed E-state index contributed by atoms with van der Waals surface area (Å²) < 4.78 is 0. The van der Waals surface area contributed by atoms with E-state index in [9.17, 15) is 24.0 Å². The van der Waals surface area contributed by atoms with Crippen molar-refractivity contribution >= 4 is 41.4 Å². The molecule has 1 unspecified atom stereocenters. The van der Waals surface area contributed by atoms with Crippen molar-refractivity contribution < 1.29 is 28.8 Å². The van der Waals surface area contributed by atoms with Gasteiger partial charge in [-0.3, -0.25) is 19.2 Å². The van der Waals surface area contributed by atoms with E-state index in [1.165, 1.54) is 7.05 Å². The minimum atomic E-state index is -0.701. The summed E-state index contributed by atoms with van der Waals surface area (Å²) in [7, 11) is 1.51. The van der Waals surface area contributed by atoms with Gasteiger partial charge in [0.2, 0.25) is 11.8 Å². The predicted molar refractivity (Wildman–Crippen MR) is 108 cm³/mol. The van der Waals surface area contributed by atoms with Gasteiger partial charge in [-0.2, -0.15) is 0 Å². The topological polar surface area (TPSA) is 171 Å². The summed E-state index contributed by atoms with van der Waals surface area (Å²) in [6, 6.07) is 0. The number of hydrogen-bond acceptors (Lipinski definition) is 8. The Morgan fingerprint density at radius 2 is 1.97 bits per heavy atom. The maximum absolute atomic E-state index is 12.3. The van der Waals surface area contributed by atoms with Crippen LogP contribution in [0.3, 0.4) is 0 Å². The Balaban J connectivity index is 2.26. The van der Waals surface area contributed by atoms with Gasteiger partial charge in [0.1, 0.15) is 0 Å². The molecule has 1 rings (SSSR count). The van der Waals surface area contributed by atoms with Gasteiger partial charge in [0.25, 0.3) is 11.8 Å². The van der Waals surface area contributed by atoms with Crippen LogP contribution in [0.25, 0.3) is 10.4 Å². The SMILES string of the molecule is CNC(=O)CCNC(=O)CCSC1CC(=O)N(OC(=O)CCCCCN=[N+]=[N-])C1=O. The fourth-order valence-corrected chi connectivity index (χ4v) is 3.54. The fraction of sp³-hybridized carbons (Fsp3) is 0.706. The molecule has 166 valence electrons. The van der Waals surface area contributed by atoms with E-state index >= 15 is 0 Å². The molecule has 1 aliphatic heterocycles. The van der Waals surface area contributed by atoms with E-state index in [-0.39, 0.29) is 44.0 Å².